The molecule has 0 aliphatic carbocycles. The minimum Gasteiger partial charge on any atom is -0.497 e. The molecule has 3 N–H and O–H groups in total. The number of carbonyl (C=O) groups excluding carboxylic acids is 1. The van der Waals surface area contributed by atoms with Gasteiger partial charge in [0, 0.05) is 0 Å². The fourth-order valence-electron chi connectivity index (χ4n) is 1.89. The molecular weight excluding hydrogens is 240 g/mol. The molecule has 106 valence electrons. The van der Waals surface area contributed by atoms with Crippen LogP contribution in [-0.2, 0) is 4.79 Å². The smallest absolute Gasteiger partial charge is 0.240 e. The quantitative estimate of drug-likeness (QED) is 0.829. The average molecular weight is 264 g/mol. The van der Waals surface area contributed by atoms with Gasteiger partial charge in [0.1, 0.15) is 5.75 Å². The number of nitrogens with one attached hydrogen (secondary N) is 1. The van der Waals surface area contributed by atoms with E-state index in [0.29, 0.717) is 12.8 Å². The van der Waals surface area contributed by atoms with Crippen molar-refractivity contribution in [1.29, 1.82) is 0 Å². The van der Waals surface area contributed by atoms with Crippen molar-refractivity contribution in [2.45, 2.75) is 45.2 Å². The molecule has 0 aliphatic heterocycles. The Morgan fingerprint density at radius 1 is 1.32 bits per heavy atom. The molecule has 0 fully saturated rings. The van der Waals surface area contributed by atoms with Crippen molar-refractivity contribution < 1.29 is 9.53 Å². The predicted octanol–water partition coefficient (Wildman–Crippen LogP) is 2.39. The zero-order valence-corrected chi connectivity index (χ0v) is 12.2. The van der Waals surface area contributed by atoms with E-state index in [4.69, 9.17) is 10.5 Å². The summed E-state index contributed by atoms with van der Waals surface area (Å²) >= 11 is 0. The molecule has 4 heteroatoms. The molecule has 19 heavy (non-hydrogen) atoms. The highest BCUT2D eigenvalue weighted by Crippen LogP contribution is 2.19. The number of carbonyl (C=O) groups is 1. The van der Waals surface area contributed by atoms with Crippen LogP contribution >= 0.6 is 0 Å². The minimum absolute atomic E-state index is 0.0700. The first-order chi connectivity index (χ1) is 8.96. The van der Waals surface area contributed by atoms with Gasteiger partial charge in [-0.1, -0.05) is 26.0 Å². The Morgan fingerprint density at radius 2 is 1.84 bits per heavy atom. The lowest BCUT2D eigenvalue weighted by molar-refractivity contribution is -0.127. The van der Waals surface area contributed by atoms with Crippen LogP contribution in [0.4, 0.5) is 0 Å². The summed E-state index contributed by atoms with van der Waals surface area (Å²) < 4.78 is 5.11. The van der Waals surface area contributed by atoms with Gasteiger partial charge in [0.05, 0.1) is 18.7 Å². The molecule has 0 saturated carbocycles. The summed E-state index contributed by atoms with van der Waals surface area (Å²) in [6, 6.07) is 7.58. The molecular formula is C15H24N2O2. The number of amides is 1. The van der Waals surface area contributed by atoms with Crippen molar-refractivity contribution in [3.8, 4) is 5.75 Å². The first-order valence-electron chi connectivity index (χ1n) is 6.70. The van der Waals surface area contributed by atoms with Crippen LogP contribution in [0.1, 0.15) is 45.2 Å². The van der Waals surface area contributed by atoms with Gasteiger partial charge in [0.15, 0.2) is 0 Å². The van der Waals surface area contributed by atoms with E-state index in [9.17, 15) is 4.79 Å². The Morgan fingerprint density at radius 3 is 2.26 bits per heavy atom. The number of hydrogen-bond acceptors (Lipinski definition) is 3. The largest absolute Gasteiger partial charge is 0.497 e. The van der Waals surface area contributed by atoms with E-state index in [-0.39, 0.29) is 11.9 Å². The van der Waals surface area contributed by atoms with Crippen LogP contribution < -0.4 is 15.8 Å². The van der Waals surface area contributed by atoms with E-state index >= 15 is 0 Å². The predicted molar refractivity (Wildman–Crippen MR) is 77.1 cm³/mol. The summed E-state index contributed by atoms with van der Waals surface area (Å²) in [5.41, 5.74) is 6.33. The number of hydrogen-bond donors (Lipinski definition) is 2. The molecule has 4 nitrogen and oxygen atoms in total. The third-order valence-electron chi connectivity index (χ3n) is 3.68. The van der Waals surface area contributed by atoms with Crippen molar-refractivity contribution >= 4 is 5.91 Å². The lowest BCUT2D eigenvalue weighted by atomic mass is 9.92. The lowest BCUT2D eigenvalue weighted by Gasteiger charge is -2.27. The summed E-state index contributed by atoms with van der Waals surface area (Å²) in [4.78, 5) is 12.2. The van der Waals surface area contributed by atoms with E-state index in [1.54, 1.807) is 7.11 Å². The highest BCUT2D eigenvalue weighted by Gasteiger charge is 2.30. The summed E-state index contributed by atoms with van der Waals surface area (Å²) in [7, 11) is 1.63. The van der Waals surface area contributed by atoms with Gasteiger partial charge in [-0.25, -0.2) is 0 Å². The van der Waals surface area contributed by atoms with Crippen LogP contribution in [-0.4, -0.2) is 18.6 Å². The van der Waals surface area contributed by atoms with Crippen molar-refractivity contribution in [2.24, 2.45) is 5.73 Å². The van der Waals surface area contributed by atoms with E-state index in [1.807, 2.05) is 45.0 Å². The summed E-state index contributed by atoms with van der Waals surface area (Å²) in [5, 5.41) is 2.97. The molecule has 0 saturated heterocycles. The van der Waals surface area contributed by atoms with E-state index in [1.165, 1.54) is 0 Å². The maximum Gasteiger partial charge on any atom is 0.240 e. The van der Waals surface area contributed by atoms with Crippen LogP contribution in [0.5, 0.6) is 5.75 Å². The van der Waals surface area contributed by atoms with Crippen molar-refractivity contribution in [3.05, 3.63) is 29.8 Å². The molecule has 0 unspecified atom stereocenters. The Kier molecular flexibility index (Phi) is 5.36. The maximum atomic E-state index is 12.2. The summed E-state index contributed by atoms with van der Waals surface area (Å²) in [6.07, 6.45) is 1.26. The summed E-state index contributed by atoms with van der Waals surface area (Å²) in [6.45, 7) is 5.81. The number of benzene rings is 1. The zero-order valence-electron chi connectivity index (χ0n) is 12.2. The minimum atomic E-state index is -0.777. The van der Waals surface area contributed by atoms with E-state index in [2.05, 4.69) is 5.32 Å². The molecule has 1 atom stereocenters. The Labute approximate surface area is 115 Å². The van der Waals surface area contributed by atoms with Crippen LogP contribution in [0.3, 0.4) is 0 Å². The number of nitrogens with two attached hydrogens (primary N) is 1. The van der Waals surface area contributed by atoms with Crippen LogP contribution in [0.2, 0.25) is 0 Å². The van der Waals surface area contributed by atoms with Gasteiger partial charge in [-0.05, 0) is 37.5 Å². The van der Waals surface area contributed by atoms with Gasteiger partial charge in [-0.3, -0.25) is 4.79 Å². The van der Waals surface area contributed by atoms with E-state index in [0.717, 1.165) is 11.3 Å². The van der Waals surface area contributed by atoms with E-state index < -0.39 is 5.54 Å². The van der Waals surface area contributed by atoms with Crippen LogP contribution in [0.25, 0.3) is 0 Å². The van der Waals surface area contributed by atoms with Crippen LogP contribution in [0.15, 0.2) is 24.3 Å². The third kappa shape index (κ3) is 3.70. The monoisotopic (exact) mass is 264 g/mol. The topological polar surface area (TPSA) is 64.4 Å². The van der Waals surface area contributed by atoms with Crippen molar-refractivity contribution in [2.75, 3.05) is 7.11 Å². The SMILES string of the molecule is CCC(N)(CC)C(=O)N[C@@H](C)c1ccc(OC)cc1. The number of rotatable bonds is 6. The highest BCUT2D eigenvalue weighted by molar-refractivity contribution is 5.86. The van der Waals surface area contributed by atoms with Gasteiger partial charge >= 0.3 is 0 Å². The van der Waals surface area contributed by atoms with Gasteiger partial charge in [0.25, 0.3) is 0 Å². The van der Waals surface area contributed by atoms with Crippen LogP contribution in [0, 0.1) is 0 Å². The Balaban J connectivity index is 2.73. The lowest BCUT2D eigenvalue weighted by Crippen LogP contribution is -2.53. The van der Waals surface area contributed by atoms with Gasteiger partial charge < -0.3 is 15.8 Å². The van der Waals surface area contributed by atoms with Crippen molar-refractivity contribution in [1.82, 2.24) is 5.32 Å². The van der Waals surface area contributed by atoms with Gasteiger partial charge in [0.2, 0.25) is 5.91 Å². The standard InChI is InChI=1S/C15H24N2O2/c1-5-15(16,6-2)14(18)17-11(3)12-7-9-13(19-4)10-8-12/h7-11H,5-6,16H2,1-4H3,(H,17,18)/t11-/m0/s1. The molecule has 0 radical (unpaired) electrons. The second-order valence-electron chi connectivity index (χ2n) is 4.83. The fraction of sp³-hybridized carbons (Fsp3) is 0.533. The molecule has 1 aromatic carbocycles. The second-order valence-corrected chi connectivity index (χ2v) is 4.83. The number of ether oxygens (including phenoxy) is 1. The number of methoxy groups -OCH3 is 1. The van der Waals surface area contributed by atoms with Gasteiger partial charge in [-0.2, -0.15) is 0 Å². The first kappa shape index (κ1) is 15.5. The average Bonchev–Trinajstić information content (AvgIpc) is 2.46. The molecule has 1 aromatic rings. The third-order valence-corrected chi connectivity index (χ3v) is 3.68. The molecule has 0 aliphatic rings. The molecule has 1 amide bonds. The van der Waals surface area contributed by atoms with Gasteiger partial charge in [-0.15, -0.1) is 0 Å². The fourth-order valence-corrected chi connectivity index (χ4v) is 1.89. The Hall–Kier alpha value is -1.55. The first-order valence-corrected chi connectivity index (χ1v) is 6.70. The normalized spacial score (nSPS) is 12.9. The Bertz CT molecular complexity index is 411. The molecule has 1 rings (SSSR count). The zero-order chi connectivity index (χ0) is 14.5. The maximum absolute atomic E-state index is 12.2. The molecule has 0 bridgehead atoms. The van der Waals surface area contributed by atoms with Crippen molar-refractivity contribution in [3.63, 3.8) is 0 Å². The molecule has 0 aromatic heterocycles. The molecule has 0 spiro atoms. The second kappa shape index (κ2) is 6.57. The highest BCUT2D eigenvalue weighted by atomic mass is 16.5. The molecule has 0 heterocycles. The summed E-state index contributed by atoms with van der Waals surface area (Å²) in [5.74, 6) is 0.707.